The summed E-state index contributed by atoms with van der Waals surface area (Å²) in [6.07, 6.45) is 0.746. The molecule has 2 aliphatic heterocycles. The molecule has 8 heteroatoms. The van der Waals surface area contributed by atoms with Gasteiger partial charge in [0.05, 0.1) is 31.7 Å². The van der Waals surface area contributed by atoms with E-state index in [0.29, 0.717) is 23.6 Å². The number of benzene rings is 1. The molecule has 1 aromatic carbocycles. The van der Waals surface area contributed by atoms with Crippen molar-refractivity contribution in [1.82, 2.24) is 15.5 Å². The van der Waals surface area contributed by atoms with Crippen LogP contribution in [0, 0.1) is 5.92 Å². The third-order valence-corrected chi connectivity index (χ3v) is 5.75. The number of carbonyl (C=O) groups is 2. The van der Waals surface area contributed by atoms with Crippen molar-refractivity contribution in [2.75, 3.05) is 45.5 Å². The Morgan fingerprint density at radius 3 is 2.88 bits per heavy atom. The van der Waals surface area contributed by atoms with Crippen LogP contribution in [0.2, 0.25) is 0 Å². The van der Waals surface area contributed by atoms with Gasteiger partial charge in [0, 0.05) is 25.4 Å². The van der Waals surface area contributed by atoms with E-state index >= 15 is 0 Å². The summed E-state index contributed by atoms with van der Waals surface area (Å²) in [6.45, 7) is 2.08. The number of methoxy groups -OCH3 is 2. The molecule has 7 nitrogen and oxygen atoms in total. The fraction of sp³-hybridized carbons (Fsp3) is 0.556. The van der Waals surface area contributed by atoms with Crippen molar-refractivity contribution in [3.63, 3.8) is 0 Å². The van der Waals surface area contributed by atoms with Gasteiger partial charge in [-0.3, -0.25) is 9.59 Å². The number of carbonyl (C=O) groups excluding carboxylic acids is 2. The Kier molecular flexibility index (Phi) is 6.26. The summed E-state index contributed by atoms with van der Waals surface area (Å²) < 4.78 is 10.4. The number of nitrogens with one attached hydrogen (secondary N) is 2. The van der Waals surface area contributed by atoms with Gasteiger partial charge in [-0.1, -0.05) is 0 Å². The van der Waals surface area contributed by atoms with E-state index < -0.39 is 0 Å². The van der Waals surface area contributed by atoms with Gasteiger partial charge in [0.1, 0.15) is 11.5 Å². The molecule has 3 rings (SSSR count). The molecular formula is C18H25N3O4S. The van der Waals surface area contributed by atoms with Crippen LogP contribution >= 0.6 is 11.8 Å². The van der Waals surface area contributed by atoms with Gasteiger partial charge in [-0.25, -0.2) is 0 Å². The number of amides is 2. The minimum Gasteiger partial charge on any atom is -0.497 e. The summed E-state index contributed by atoms with van der Waals surface area (Å²) in [6, 6.07) is 5.00. The predicted octanol–water partition coefficient (Wildman–Crippen LogP) is 0.945. The monoisotopic (exact) mass is 379 g/mol. The molecule has 0 radical (unpaired) electrons. The number of rotatable bonds is 6. The van der Waals surface area contributed by atoms with Crippen molar-refractivity contribution >= 4 is 23.6 Å². The van der Waals surface area contributed by atoms with Crippen molar-refractivity contribution in [2.45, 2.75) is 12.5 Å². The van der Waals surface area contributed by atoms with E-state index in [1.54, 1.807) is 37.1 Å². The number of nitrogens with zero attached hydrogens (tertiary/aromatic N) is 1. The first-order valence-electron chi connectivity index (χ1n) is 8.72. The standard InChI is InChI=1S/C18H25N3O4S/c1-24-13-3-4-16(25-2)14(8-13)17(22)20-10-12-7-15(19-9-12)18(23)21-5-6-26-11-21/h3-4,8,12,15,19H,5-7,9-11H2,1-2H3,(H,20,22). The van der Waals surface area contributed by atoms with E-state index in [1.807, 2.05) is 4.90 Å². The Balaban J connectivity index is 1.53. The zero-order chi connectivity index (χ0) is 18.5. The number of ether oxygens (including phenoxy) is 2. The Morgan fingerprint density at radius 1 is 1.35 bits per heavy atom. The molecule has 2 atom stereocenters. The van der Waals surface area contributed by atoms with Crippen molar-refractivity contribution in [1.29, 1.82) is 0 Å². The number of hydrogen-bond acceptors (Lipinski definition) is 6. The second-order valence-corrected chi connectivity index (χ2v) is 7.55. The Labute approximate surface area is 157 Å². The summed E-state index contributed by atoms with van der Waals surface area (Å²) in [5.41, 5.74) is 0.444. The Morgan fingerprint density at radius 2 is 2.19 bits per heavy atom. The second kappa shape index (κ2) is 8.64. The average Bonchev–Trinajstić information content (AvgIpc) is 3.37. The van der Waals surface area contributed by atoms with Gasteiger partial charge in [0.2, 0.25) is 5.91 Å². The first kappa shape index (κ1) is 18.8. The quantitative estimate of drug-likeness (QED) is 0.766. The maximum Gasteiger partial charge on any atom is 0.255 e. The molecule has 2 amide bonds. The second-order valence-electron chi connectivity index (χ2n) is 6.48. The van der Waals surface area contributed by atoms with Gasteiger partial charge in [0.15, 0.2) is 0 Å². The molecule has 26 heavy (non-hydrogen) atoms. The minimum absolute atomic E-state index is 0.137. The van der Waals surface area contributed by atoms with E-state index in [0.717, 1.165) is 31.1 Å². The molecule has 2 aliphatic rings. The van der Waals surface area contributed by atoms with E-state index in [9.17, 15) is 9.59 Å². The van der Waals surface area contributed by atoms with E-state index in [4.69, 9.17) is 9.47 Å². The largest absolute Gasteiger partial charge is 0.497 e. The molecular weight excluding hydrogens is 354 g/mol. The zero-order valence-corrected chi connectivity index (χ0v) is 15.9. The van der Waals surface area contributed by atoms with Crippen LogP contribution in [-0.4, -0.2) is 68.2 Å². The highest BCUT2D eigenvalue weighted by Crippen LogP contribution is 2.24. The zero-order valence-electron chi connectivity index (χ0n) is 15.1. The first-order chi connectivity index (χ1) is 12.6. The molecule has 0 saturated carbocycles. The summed E-state index contributed by atoms with van der Waals surface area (Å²) in [5, 5.41) is 6.24. The molecule has 0 aliphatic carbocycles. The fourth-order valence-electron chi connectivity index (χ4n) is 3.28. The third-order valence-electron chi connectivity index (χ3n) is 4.79. The van der Waals surface area contributed by atoms with Gasteiger partial charge in [0.25, 0.3) is 5.91 Å². The van der Waals surface area contributed by atoms with Crippen molar-refractivity contribution in [3.05, 3.63) is 23.8 Å². The van der Waals surface area contributed by atoms with Crippen LogP contribution in [0.4, 0.5) is 0 Å². The Hall–Kier alpha value is -1.93. The topological polar surface area (TPSA) is 79.9 Å². The lowest BCUT2D eigenvalue weighted by molar-refractivity contribution is -0.131. The maximum absolute atomic E-state index is 12.5. The number of hydrogen-bond donors (Lipinski definition) is 2. The van der Waals surface area contributed by atoms with Gasteiger partial charge < -0.3 is 25.0 Å². The SMILES string of the molecule is COc1ccc(OC)c(C(=O)NCC2CNC(C(=O)N3CCSC3)C2)c1. The van der Waals surface area contributed by atoms with Gasteiger partial charge in [-0.05, 0) is 30.5 Å². The van der Waals surface area contributed by atoms with Crippen LogP contribution in [-0.2, 0) is 4.79 Å². The van der Waals surface area contributed by atoms with Crippen molar-refractivity contribution in [3.8, 4) is 11.5 Å². The van der Waals surface area contributed by atoms with E-state index in [-0.39, 0.29) is 23.8 Å². The molecule has 0 bridgehead atoms. The molecule has 0 spiro atoms. The van der Waals surface area contributed by atoms with Crippen LogP contribution in [0.15, 0.2) is 18.2 Å². The highest BCUT2D eigenvalue weighted by atomic mass is 32.2. The van der Waals surface area contributed by atoms with E-state index in [2.05, 4.69) is 10.6 Å². The normalized spacial score (nSPS) is 22.3. The molecule has 0 aromatic heterocycles. The molecule has 2 heterocycles. The van der Waals surface area contributed by atoms with Crippen molar-refractivity contribution in [2.24, 2.45) is 5.92 Å². The fourth-order valence-corrected chi connectivity index (χ4v) is 4.24. The summed E-state index contributed by atoms with van der Waals surface area (Å²) in [5.74, 6) is 3.12. The maximum atomic E-state index is 12.5. The molecule has 2 unspecified atom stereocenters. The first-order valence-corrected chi connectivity index (χ1v) is 9.88. The van der Waals surface area contributed by atoms with Crippen LogP contribution in [0.25, 0.3) is 0 Å². The molecule has 2 N–H and O–H groups in total. The highest BCUT2D eigenvalue weighted by molar-refractivity contribution is 7.99. The third kappa shape index (κ3) is 4.24. The van der Waals surface area contributed by atoms with Gasteiger partial charge in [-0.2, -0.15) is 0 Å². The summed E-state index contributed by atoms with van der Waals surface area (Å²) >= 11 is 1.79. The lowest BCUT2D eigenvalue weighted by atomic mass is 10.0. The predicted molar refractivity (Wildman–Crippen MR) is 101 cm³/mol. The lowest BCUT2D eigenvalue weighted by Crippen LogP contribution is -2.42. The lowest BCUT2D eigenvalue weighted by Gasteiger charge is -2.19. The average molecular weight is 379 g/mol. The molecule has 2 fully saturated rings. The van der Waals surface area contributed by atoms with Crippen LogP contribution in [0.5, 0.6) is 11.5 Å². The molecule has 1 aromatic rings. The van der Waals surface area contributed by atoms with Crippen molar-refractivity contribution < 1.29 is 19.1 Å². The molecule has 2 saturated heterocycles. The summed E-state index contributed by atoms with van der Waals surface area (Å²) in [4.78, 5) is 26.9. The van der Waals surface area contributed by atoms with Crippen LogP contribution in [0.3, 0.4) is 0 Å². The highest BCUT2D eigenvalue weighted by Gasteiger charge is 2.33. The van der Waals surface area contributed by atoms with Gasteiger partial charge >= 0.3 is 0 Å². The number of thioether (sulfide) groups is 1. The summed E-state index contributed by atoms with van der Waals surface area (Å²) in [7, 11) is 3.09. The van der Waals surface area contributed by atoms with Crippen LogP contribution < -0.4 is 20.1 Å². The van der Waals surface area contributed by atoms with Crippen LogP contribution in [0.1, 0.15) is 16.8 Å². The van der Waals surface area contributed by atoms with E-state index in [1.165, 1.54) is 7.11 Å². The van der Waals surface area contributed by atoms with Gasteiger partial charge in [-0.15, -0.1) is 11.8 Å². The Bertz CT molecular complexity index is 664. The minimum atomic E-state index is -0.202. The smallest absolute Gasteiger partial charge is 0.255 e. The molecule has 142 valence electrons.